The number of benzene rings is 1. The number of halogens is 1. The van der Waals surface area contributed by atoms with Crippen molar-refractivity contribution in [2.75, 3.05) is 13.2 Å². The van der Waals surface area contributed by atoms with Crippen LogP contribution in [0.25, 0.3) is 0 Å². The second-order valence-electron chi connectivity index (χ2n) is 6.63. The number of aliphatic hydroxyl groups is 1. The summed E-state index contributed by atoms with van der Waals surface area (Å²) in [4.78, 5) is 11.4. The van der Waals surface area contributed by atoms with Crippen molar-refractivity contribution in [2.24, 2.45) is 15.7 Å². The monoisotopic (exact) mass is 460 g/mol. The average molecular weight is 461 g/mol. The summed E-state index contributed by atoms with van der Waals surface area (Å²) in [7, 11) is 0. The molecule has 2 aliphatic rings. The summed E-state index contributed by atoms with van der Waals surface area (Å²) in [6.07, 6.45) is 6.11. The molecule has 0 spiro atoms. The lowest BCUT2D eigenvalue weighted by atomic mass is 10.1. The van der Waals surface area contributed by atoms with Crippen molar-refractivity contribution >= 4 is 35.2 Å². The highest BCUT2D eigenvalue weighted by Gasteiger charge is 2.17. The van der Waals surface area contributed by atoms with Gasteiger partial charge in [0, 0.05) is 12.3 Å². The third-order valence-electron chi connectivity index (χ3n) is 4.48. The molecule has 1 aromatic carbocycles. The smallest absolute Gasteiger partial charge is 0.141 e. The van der Waals surface area contributed by atoms with E-state index in [4.69, 9.17) is 22.1 Å². The Bertz CT molecular complexity index is 986. The number of aliphatic imine (C=N–C) groups is 2. The van der Waals surface area contributed by atoms with E-state index >= 15 is 0 Å². The molecule has 0 bridgehead atoms. The number of nitrogens with zero attached hydrogens (tertiary/aromatic N) is 2. The van der Waals surface area contributed by atoms with Crippen molar-refractivity contribution in [1.82, 2.24) is 10.3 Å². The van der Waals surface area contributed by atoms with Crippen LogP contribution in [-0.4, -0.2) is 29.9 Å². The molecule has 10 heteroatoms. The summed E-state index contributed by atoms with van der Waals surface area (Å²) in [6.45, 7) is 1.57. The maximum Gasteiger partial charge on any atom is 0.141 e. The van der Waals surface area contributed by atoms with E-state index in [-0.39, 0.29) is 18.9 Å². The van der Waals surface area contributed by atoms with E-state index in [0.29, 0.717) is 28.0 Å². The number of hydrazine groups is 1. The van der Waals surface area contributed by atoms with Crippen LogP contribution in [0.2, 0.25) is 0 Å². The summed E-state index contributed by atoms with van der Waals surface area (Å²) >= 11 is 7.34. The Balaban J connectivity index is 1.77. The van der Waals surface area contributed by atoms with Gasteiger partial charge in [-0.15, -0.1) is 0 Å². The molecule has 8 nitrogen and oxygen atoms in total. The van der Waals surface area contributed by atoms with E-state index in [1.165, 1.54) is 11.9 Å². The van der Waals surface area contributed by atoms with Gasteiger partial charge in [-0.2, -0.15) is 4.83 Å². The highest BCUT2D eigenvalue weighted by atomic mass is 35.5. The van der Waals surface area contributed by atoms with Crippen LogP contribution in [0.5, 0.6) is 0 Å². The zero-order valence-electron chi connectivity index (χ0n) is 16.8. The van der Waals surface area contributed by atoms with E-state index in [2.05, 4.69) is 20.2 Å². The molecule has 5 N–H and O–H groups in total. The molecule has 164 valence electrons. The van der Waals surface area contributed by atoms with E-state index < -0.39 is 11.9 Å². The quantitative estimate of drug-likeness (QED) is 0.266. The summed E-state index contributed by atoms with van der Waals surface area (Å²) in [5.41, 5.74) is 11.3. The molecule has 31 heavy (non-hydrogen) atoms. The Morgan fingerprint density at radius 1 is 1.39 bits per heavy atom. The third-order valence-corrected chi connectivity index (χ3v) is 5.57. The number of aliphatic hydroxyl groups excluding tert-OH is 1. The first kappa shape index (κ1) is 23.0. The fourth-order valence-corrected chi connectivity index (χ4v) is 3.49. The third kappa shape index (κ3) is 6.14. The standard InChI is InChI=1S/C21H24ClN5O3S/c1-13(19(23)21(29)25-16(11-28)14-7-3-2-4-8-14)24-15-9-5-6-10-18(15)30-12-17-20(22)31-27-26-17/h2-8,10,16,26-28H,9,11-12,23H2,1H3,(H,25,29)/p-1/b19-13-,24-15?/t16-/m0/s1. The summed E-state index contributed by atoms with van der Waals surface area (Å²) in [5.74, 6) is -0.0648. The first-order valence-electron chi connectivity index (χ1n) is 9.51. The number of nitrogens with two attached hydrogens (primary N) is 1. The van der Waals surface area contributed by atoms with Crippen molar-refractivity contribution in [3.05, 3.63) is 81.3 Å². The lowest BCUT2D eigenvalue weighted by Gasteiger charge is -2.19. The largest absolute Gasteiger partial charge is 0.857 e. The van der Waals surface area contributed by atoms with Gasteiger partial charge in [0.25, 0.3) is 0 Å². The van der Waals surface area contributed by atoms with E-state index in [0.717, 1.165) is 11.3 Å². The first-order valence-corrected chi connectivity index (χ1v) is 10.7. The van der Waals surface area contributed by atoms with Crippen molar-refractivity contribution in [1.29, 1.82) is 0 Å². The van der Waals surface area contributed by atoms with Gasteiger partial charge in [0.05, 0.1) is 35.5 Å². The number of rotatable bonds is 8. The van der Waals surface area contributed by atoms with Crippen molar-refractivity contribution in [2.45, 2.75) is 19.4 Å². The molecular formula is C21H23ClN5O3S-. The first-order chi connectivity index (χ1) is 15.0. The zero-order chi connectivity index (χ0) is 22.2. The second-order valence-corrected chi connectivity index (χ2v) is 8.05. The molecular weight excluding hydrogens is 438 g/mol. The maximum atomic E-state index is 12.6. The van der Waals surface area contributed by atoms with Crippen molar-refractivity contribution in [3.8, 4) is 0 Å². The van der Waals surface area contributed by atoms with Gasteiger partial charge in [-0.3, -0.25) is 9.98 Å². The van der Waals surface area contributed by atoms with Gasteiger partial charge in [-0.05, 0) is 30.5 Å². The molecule has 1 heterocycles. The fourth-order valence-electron chi connectivity index (χ4n) is 2.77. The Morgan fingerprint density at radius 2 is 2.16 bits per heavy atom. The summed E-state index contributed by atoms with van der Waals surface area (Å²) in [6, 6.07) is 8.39. The van der Waals surface area contributed by atoms with Crippen molar-refractivity contribution < 1.29 is 14.9 Å². The molecule has 1 atom stereocenters. The van der Waals surface area contributed by atoms with E-state index in [1.807, 2.05) is 30.4 Å². The minimum atomic E-state index is -0.687. The highest BCUT2D eigenvalue weighted by Crippen LogP contribution is 2.25. The normalized spacial score (nSPS) is 19.8. The molecule has 0 fully saturated rings. The van der Waals surface area contributed by atoms with Gasteiger partial charge in [0.15, 0.2) is 0 Å². The molecule has 0 unspecified atom stereocenters. The van der Waals surface area contributed by atoms with Crippen LogP contribution >= 0.6 is 23.5 Å². The van der Waals surface area contributed by atoms with Crippen molar-refractivity contribution in [3.63, 3.8) is 0 Å². The van der Waals surface area contributed by atoms with Gasteiger partial charge >= 0.3 is 0 Å². The number of nitrogens with one attached hydrogen (secondary N) is 2. The lowest BCUT2D eigenvalue weighted by Crippen LogP contribution is -2.28. The second kappa shape index (κ2) is 11.1. The average Bonchev–Trinajstić information content (AvgIpc) is 3.21. The molecule has 0 saturated carbocycles. The van der Waals surface area contributed by atoms with Crippen LogP contribution in [0, 0.1) is 0 Å². The van der Waals surface area contributed by atoms with Crippen LogP contribution in [0.4, 0.5) is 0 Å². The van der Waals surface area contributed by atoms with Gasteiger partial charge < -0.3 is 26.1 Å². The SMILES string of the molecule is C/C(N=C1CC=CC=C1OCC1=C(Cl)SNN1)=C(/N)C([O-])=N[C@@H](CO)c1ccccc1. The van der Waals surface area contributed by atoms with Gasteiger partial charge in [-0.1, -0.05) is 54.1 Å². The maximum absolute atomic E-state index is 12.6. The fraction of sp³-hybridized carbons (Fsp3) is 0.238. The van der Waals surface area contributed by atoms with Gasteiger partial charge in [0.1, 0.15) is 16.7 Å². The van der Waals surface area contributed by atoms with Crippen LogP contribution in [0.3, 0.4) is 0 Å². The number of hydrogen-bond donors (Lipinski definition) is 4. The molecule has 0 radical (unpaired) electrons. The zero-order valence-corrected chi connectivity index (χ0v) is 18.4. The predicted octanol–water partition coefficient (Wildman–Crippen LogP) is 2.13. The lowest BCUT2D eigenvalue weighted by molar-refractivity contribution is -0.214. The summed E-state index contributed by atoms with van der Waals surface area (Å²) < 4.78 is 6.43. The van der Waals surface area contributed by atoms with Crippen LogP contribution in [0.15, 0.2) is 85.8 Å². The Hall–Kier alpha value is -2.72. The minimum Gasteiger partial charge on any atom is -0.857 e. The number of allylic oxidation sites excluding steroid dienone is 5. The molecule has 1 aliphatic carbocycles. The van der Waals surface area contributed by atoms with Crippen LogP contribution in [-0.2, 0) is 4.74 Å². The molecule has 0 aromatic heterocycles. The molecule has 0 saturated heterocycles. The van der Waals surface area contributed by atoms with Gasteiger partial charge in [0.2, 0.25) is 0 Å². The van der Waals surface area contributed by atoms with E-state index in [1.54, 1.807) is 25.1 Å². The Morgan fingerprint density at radius 3 is 2.84 bits per heavy atom. The summed E-state index contributed by atoms with van der Waals surface area (Å²) in [5, 5.41) is 22.2. The highest BCUT2D eigenvalue weighted by molar-refractivity contribution is 8.02. The Kier molecular flexibility index (Phi) is 8.19. The molecule has 1 aromatic rings. The topological polar surface area (TPSA) is 127 Å². The van der Waals surface area contributed by atoms with Crippen LogP contribution in [0.1, 0.15) is 24.9 Å². The minimum absolute atomic E-state index is 0.0837. The van der Waals surface area contributed by atoms with Gasteiger partial charge in [-0.25, -0.2) is 0 Å². The number of hydrogen-bond acceptors (Lipinski definition) is 9. The Labute approximate surface area is 190 Å². The van der Waals surface area contributed by atoms with E-state index in [9.17, 15) is 10.2 Å². The van der Waals surface area contributed by atoms with Crippen LogP contribution < -0.4 is 21.1 Å². The molecule has 0 amide bonds. The molecule has 3 rings (SSSR count). The number of ether oxygens (including phenoxy) is 1. The predicted molar refractivity (Wildman–Crippen MR) is 123 cm³/mol. The molecule has 1 aliphatic heterocycles.